The third-order valence-corrected chi connectivity index (χ3v) is 5.04. The first-order valence-corrected chi connectivity index (χ1v) is 8.06. The predicted octanol–water partition coefficient (Wildman–Crippen LogP) is 3.09. The van der Waals surface area contributed by atoms with Gasteiger partial charge in [-0.3, -0.25) is 4.79 Å². The van der Waals surface area contributed by atoms with Crippen LogP contribution in [0.1, 0.15) is 30.7 Å². The number of carbonyl (C=O) groups excluding carboxylic acids is 1. The van der Waals surface area contributed by atoms with Gasteiger partial charge in [-0.15, -0.1) is 0 Å². The molecule has 1 aliphatic carbocycles. The summed E-state index contributed by atoms with van der Waals surface area (Å²) >= 11 is 0. The van der Waals surface area contributed by atoms with Gasteiger partial charge in [0.2, 0.25) is 5.91 Å². The molecule has 0 radical (unpaired) electrons. The van der Waals surface area contributed by atoms with E-state index < -0.39 is 18.2 Å². The average molecular weight is 345 g/mol. The Morgan fingerprint density at radius 3 is 2.29 bits per heavy atom. The Hall–Kier alpha value is -1.63. The summed E-state index contributed by atoms with van der Waals surface area (Å²) in [5, 5.41) is 9.31. The fourth-order valence-corrected chi connectivity index (χ4v) is 3.48. The Balaban J connectivity index is 1.52. The van der Waals surface area contributed by atoms with E-state index in [1.54, 1.807) is 17.0 Å². The molecule has 1 saturated heterocycles. The molecule has 7 heteroatoms. The molecule has 3 nitrogen and oxygen atoms in total. The van der Waals surface area contributed by atoms with Gasteiger partial charge in [-0.05, 0) is 48.8 Å². The lowest BCUT2D eigenvalue weighted by molar-refractivity contribution is -0.223. The molecule has 1 heterocycles. The number of amides is 1. The molecule has 0 bridgehead atoms. The molecule has 1 N–H and O–H groups in total. The number of aliphatic hydroxyl groups excluding tert-OH is 1. The summed E-state index contributed by atoms with van der Waals surface area (Å²) in [5.41, 5.74) is 0.914. The molecule has 132 valence electrons. The van der Waals surface area contributed by atoms with Crippen LogP contribution in [0.15, 0.2) is 24.3 Å². The van der Waals surface area contributed by atoms with Crippen LogP contribution in [0.2, 0.25) is 0 Å². The predicted molar refractivity (Wildman–Crippen MR) is 78.6 cm³/mol. The minimum atomic E-state index is -4.61. The molecule has 1 amide bonds. The van der Waals surface area contributed by atoms with E-state index in [1.165, 1.54) is 12.1 Å². The van der Waals surface area contributed by atoms with Gasteiger partial charge in [0.05, 0.1) is 0 Å². The summed E-state index contributed by atoms with van der Waals surface area (Å²) < 4.78 is 50.5. The van der Waals surface area contributed by atoms with Gasteiger partial charge in [-0.25, -0.2) is 4.39 Å². The van der Waals surface area contributed by atoms with Gasteiger partial charge in [-0.1, -0.05) is 12.1 Å². The number of alkyl halides is 3. The average Bonchev–Trinajstić information content (AvgIpc) is 3.34. The van der Waals surface area contributed by atoms with Crippen LogP contribution >= 0.6 is 0 Å². The molecule has 3 rings (SSSR count). The fourth-order valence-electron chi connectivity index (χ4n) is 3.48. The number of piperidine rings is 1. The van der Waals surface area contributed by atoms with E-state index in [2.05, 4.69) is 0 Å². The highest BCUT2D eigenvalue weighted by Gasteiger charge is 2.48. The van der Waals surface area contributed by atoms with E-state index in [1.807, 2.05) is 0 Å². The maximum atomic E-state index is 12.9. The number of hydrogen-bond donors (Lipinski definition) is 1. The molecular formula is C17H19F4NO2. The molecule has 1 saturated carbocycles. The highest BCUT2D eigenvalue weighted by Crippen LogP contribution is 2.48. The van der Waals surface area contributed by atoms with Gasteiger partial charge in [0.15, 0.2) is 6.10 Å². The Morgan fingerprint density at radius 1 is 1.17 bits per heavy atom. The molecule has 3 unspecified atom stereocenters. The number of rotatable bonds is 3. The standard InChI is InChI=1S/C17H19F4NO2/c18-12-3-1-10(2-4-12)13-9-14(13)16(24)22-7-5-11(6-8-22)15(23)17(19,20)21/h1-4,11,13-15,23H,5-9H2. The lowest BCUT2D eigenvalue weighted by Gasteiger charge is -2.35. The van der Waals surface area contributed by atoms with Crippen molar-refractivity contribution in [2.24, 2.45) is 11.8 Å². The molecule has 1 aromatic rings. The van der Waals surface area contributed by atoms with Crippen molar-refractivity contribution in [2.45, 2.75) is 37.5 Å². The van der Waals surface area contributed by atoms with Crippen LogP contribution in [0.25, 0.3) is 0 Å². The van der Waals surface area contributed by atoms with Crippen LogP contribution in [0.5, 0.6) is 0 Å². The van der Waals surface area contributed by atoms with E-state index in [4.69, 9.17) is 0 Å². The van der Waals surface area contributed by atoms with E-state index in [-0.39, 0.29) is 49.5 Å². The monoisotopic (exact) mass is 345 g/mol. The maximum Gasteiger partial charge on any atom is 0.414 e. The van der Waals surface area contributed by atoms with Gasteiger partial charge in [0.25, 0.3) is 0 Å². The Bertz CT molecular complexity index is 594. The fraction of sp³-hybridized carbons (Fsp3) is 0.588. The van der Waals surface area contributed by atoms with Crippen LogP contribution in [0.3, 0.4) is 0 Å². The van der Waals surface area contributed by atoms with Gasteiger partial charge in [0, 0.05) is 19.0 Å². The first-order valence-electron chi connectivity index (χ1n) is 8.06. The van der Waals surface area contributed by atoms with E-state index in [0.29, 0.717) is 6.42 Å². The normalized spacial score (nSPS) is 26.3. The molecule has 1 aliphatic heterocycles. The number of nitrogens with zero attached hydrogens (tertiary/aromatic N) is 1. The molecular weight excluding hydrogens is 326 g/mol. The zero-order valence-corrected chi connectivity index (χ0v) is 13.0. The number of benzene rings is 1. The second-order valence-electron chi connectivity index (χ2n) is 6.65. The van der Waals surface area contributed by atoms with E-state index >= 15 is 0 Å². The zero-order valence-electron chi connectivity index (χ0n) is 13.0. The molecule has 3 atom stereocenters. The van der Waals surface area contributed by atoms with Crippen LogP contribution in [-0.2, 0) is 4.79 Å². The quantitative estimate of drug-likeness (QED) is 0.856. The molecule has 1 aromatic carbocycles. The molecule has 0 aromatic heterocycles. The van der Waals surface area contributed by atoms with Crippen molar-refractivity contribution >= 4 is 5.91 Å². The second kappa shape index (κ2) is 6.35. The summed E-state index contributed by atoms with van der Waals surface area (Å²) in [5.74, 6) is -1.32. The largest absolute Gasteiger partial charge is 0.414 e. The number of halogens is 4. The van der Waals surface area contributed by atoms with Crippen molar-refractivity contribution in [1.29, 1.82) is 0 Å². The van der Waals surface area contributed by atoms with Gasteiger partial charge in [-0.2, -0.15) is 13.2 Å². The summed E-state index contributed by atoms with van der Waals surface area (Å²) in [4.78, 5) is 14.0. The third-order valence-electron chi connectivity index (χ3n) is 5.04. The number of carbonyl (C=O) groups is 1. The molecule has 24 heavy (non-hydrogen) atoms. The zero-order chi connectivity index (χ0) is 17.5. The maximum absolute atomic E-state index is 12.9. The topological polar surface area (TPSA) is 40.5 Å². The smallest absolute Gasteiger partial charge is 0.383 e. The van der Waals surface area contributed by atoms with Gasteiger partial charge >= 0.3 is 6.18 Å². The van der Waals surface area contributed by atoms with Gasteiger partial charge < -0.3 is 10.0 Å². The lowest BCUT2D eigenvalue weighted by atomic mass is 9.90. The number of aliphatic hydroxyl groups is 1. The Labute approximate surface area is 137 Å². The minimum Gasteiger partial charge on any atom is -0.383 e. The number of likely N-dealkylation sites (tertiary alicyclic amines) is 1. The second-order valence-corrected chi connectivity index (χ2v) is 6.65. The highest BCUT2D eigenvalue weighted by molar-refractivity contribution is 5.83. The van der Waals surface area contributed by atoms with E-state index in [0.717, 1.165) is 5.56 Å². The molecule has 0 spiro atoms. The third kappa shape index (κ3) is 3.55. The summed E-state index contributed by atoms with van der Waals surface area (Å²) in [7, 11) is 0. The first kappa shape index (κ1) is 17.2. The minimum absolute atomic E-state index is 0.0516. The van der Waals surface area contributed by atoms with E-state index in [9.17, 15) is 27.5 Å². The van der Waals surface area contributed by atoms with Crippen molar-refractivity contribution in [3.05, 3.63) is 35.6 Å². The highest BCUT2D eigenvalue weighted by atomic mass is 19.4. The first-order chi connectivity index (χ1) is 11.3. The lowest BCUT2D eigenvalue weighted by Crippen LogP contribution is -2.45. The molecule has 2 aliphatic rings. The Kier molecular flexibility index (Phi) is 4.55. The summed E-state index contributed by atoms with van der Waals surface area (Å²) in [6.45, 7) is 0.479. The summed E-state index contributed by atoms with van der Waals surface area (Å²) in [6, 6.07) is 6.05. The van der Waals surface area contributed by atoms with Crippen molar-refractivity contribution in [3.8, 4) is 0 Å². The SMILES string of the molecule is O=C(C1CC1c1ccc(F)cc1)N1CCC(C(O)C(F)(F)F)CC1. The van der Waals surface area contributed by atoms with Crippen LogP contribution < -0.4 is 0 Å². The van der Waals surface area contributed by atoms with Crippen molar-refractivity contribution in [3.63, 3.8) is 0 Å². The van der Waals surface area contributed by atoms with Crippen LogP contribution in [-0.4, -0.2) is 41.3 Å². The molecule has 2 fully saturated rings. The number of hydrogen-bond acceptors (Lipinski definition) is 2. The van der Waals surface area contributed by atoms with Crippen molar-refractivity contribution < 1.29 is 27.5 Å². The van der Waals surface area contributed by atoms with Gasteiger partial charge in [0.1, 0.15) is 5.82 Å². The Morgan fingerprint density at radius 2 is 1.75 bits per heavy atom. The van der Waals surface area contributed by atoms with Crippen LogP contribution in [0.4, 0.5) is 17.6 Å². The van der Waals surface area contributed by atoms with Crippen molar-refractivity contribution in [1.82, 2.24) is 4.90 Å². The van der Waals surface area contributed by atoms with Crippen molar-refractivity contribution in [2.75, 3.05) is 13.1 Å². The summed E-state index contributed by atoms with van der Waals surface area (Å²) in [6.07, 6.45) is -5.93. The van der Waals surface area contributed by atoms with Crippen LogP contribution in [0, 0.1) is 17.7 Å².